The molecule has 0 unspecified atom stereocenters. The minimum atomic E-state index is -0.120. The molecule has 2 heterocycles. The van der Waals surface area contributed by atoms with Crippen LogP contribution in [0.1, 0.15) is 21.5 Å². The molecule has 0 saturated carbocycles. The highest BCUT2D eigenvalue weighted by molar-refractivity contribution is 6.05. The van der Waals surface area contributed by atoms with Crippen molar-refractivity contribution >= 4 is 33.9 Å². The lowest BCUT2D eigenvalue weighted by Crippen LogP contribution is -2.36. The third kappa shape index (κ3) is 5.63. The summed E-state index contributed by atoms with van der Waals surface area (Å²) in [7, 11) is 0. The minimum Gasteiger partial charge on any atom is -0.381 e. The second kappa shape index (κ2) is 11.0. The van der Waals surface area contributed by atoms with E-state index in [1.165, 1.54) is 5.56 Å². The van der Waals surface area contributed by atoms with E-state index in [4.69, 9.17) is 4.74 Å². The van der Waals surface area contributed by atoms with Crippen LogP contribution in [0.4, 0.5) is 17.1 Å². The molecule has 1 aliphatic rings. The zero-order chi connectivity index (χ0) is 26.6. The summed E-state index contributed by atoms with van der Waals surface area (Å²) >= 11 is 0. The van der Waals surface area contributed by atoms with Crippen LogP contribution in [-0.2, 0) is 11.3 Å². The summed E-state index contributed by atoms with van der Waals surface area (Å²) in [6.07, 6.45) is 1.82. The number of nitrogens with one attached hydrogen (secondary N) is 3. The molecule has 1 aliphatic heterocycles. The summed E-state index contributed by atoms with van der Waals surface area (Å²) in [5, 5.41) is 14.7. The van der Waals surface area contributed by atoms with Gasteiger partial charge in [-0.2, -0.15) is 5.10 Å². The monoisotopic (exact) mass is 517 g/mol. The van der Waals surface area contributed by atoms with E-state index in [1.807, 2.05) is 48.7 Å². The molecule has 0 atom stereocenters. The number of aromatic nitrogens is 2. The van der Waals surface area contributed by atoms with E-state index in [9.17, 15) is 4.79 Å². The van der Waals surface area contributed by atoms with Crippen LogP contribution in [0.3, 0.4) is 0 Å². The fraction of sp³-hybridized carbons (Fsp3) is 0.188. The van der Waals surface area contributed by atoms with Crippen LogP contribution in [0, 0.1) is 6.92 Å². The van der Waals surface area contributed by atoms with Gasteiger partial charge in [0.25, 0.3) is 5.91 Å². The number of H-pyrrole nitrogens is 1. The second-order valence-corrected chi connectivity index (χ2v) is 9.85. The van der Waals surface area contributed by atoms with Gasteiger partial charge in [-0.1, -0.05) is 30.3 Å². The summed E-state index contributed by atoms with van der Waals surface area (Å²) < 4.78 is 5.44. The van der Waals surface area contributed by atoms with E-state index >= 15 is 0 Å². The molecule has 0 radical (unpaired) electrons. The van der Waals surface area contributed by atoms with Crippen molar-refractivity contribution in [2.24, 2.45) is 0 Å². The average molecular weight is 518 g/mol. The summed E-state index contributed by atoms with van der Waals surface area (Å²) in [6, 6.07) is 28.5. The van der Waals surface area contributed by atoms with Gasteiger partial charge in [0, 0.05) is 47.6 Å². The first kappa shape index (κ1) is 24.7. The number of carbonyl (C=O) groups excluding carboxylic acids is 1. The Labute approximate surface area is 227 Å². The van der Waals surface area contributed by atoms with Gasteiger partial charge in [-0.15, -0.1) is 0 Å². The van der Waals surface area contributed by atoms with Crippen molar-refractivity contribution in [3.05, 3.63) is 108 Å². The highest BCUT2D eigenvalue weighted by Gasteiger charge is 2.13. The summed E-state index contributed by atoms with van der Waals surface area (Å²) in [5.41, 5.74) is 9.05. The van der Waals surface area contributed by atoms with Gasteiger partial charge >= 0.3 is 0 Å². The molecule has 1 fully saturated rings. The van der Waals surface area contributed by atoms with E-state index in [1.54, 1.807) is 0 Å². The van der Waals surface area contributed by atoms with Gasteiger partial charge in [0.05, 0.1) is 24.9 Å². The lowest BCUT2D eigenvalue weighted by atomic mass is 9.97. The molecule has 4 aromatic carbocycles. The van der Waals surface area contributed by atoms with Crippen LogP contribution in [0.2, 0.25) is 0 Å². The molecule has 0 spiro atoms. The molecule has 6 rings (SSSR count). The summed E-state index contributed by atoms with van der Waals surface area (Å²) in [6.45, 7) is 6.05. The van der Waals surface area contributed by atoms with Crippen LogP contribution < -0.4 is 15.5 Å². The standard InChI is InChI=1S/C32H31N5O2/c1-22-2-5-25(32(38)35-27-10-12-29(13-11-27)37-14-16-39-17-15-37)18-30(22)24-6-3-23(4-7-24)20-33-28-9-8-26-21-34-36-31(26)19-28/h2-13,18-19,21,33H,14-17,20H2,1H3,(H,34,36)(H,35,38). The Morgan fingerprint density at radius 1 is 0.923 bits per heavy atom. The number of fused-ring (bicyclic) bond motifs is 1. The first-order chi connectivity index (χ1) is 19.1. The van der Waals surface area contributed by atoms with E-state index < -0.39 is 0 Å². The number of nitrogens with zero attached hydrogens (tertiary/aromatic N) is 2. The molecule has 7 heteroatoms. The maximum Gasteiger partial charge on any atom is 0.255 e. The quantitative estimate of drug-likeness (QED) is 0.238. The number of benzene rings is 4. The predicted molar refractivity (Wildman–Crippen MR) is 157 cm³/mol. The fourth-order valence-corrected chi connectivity index (χ4v) is 4.91. The first-order valence-electron chi connectivity index (χ1n) is 13.2. The molecule has 0 bridgehead atoms. The minimum absolute atomic E-state index is 0.120. The van der Waals surface area contributed by atoms with Crippen molar-refractivity contribution in [2.75, 3.05) is 41.8 Å². The SMILES string of the molecule is Cc1ccc(C(=O)Nc2ccc(N3CCOCC3)cc2)cc1-c1ccc(CNc2ccc3cn[nH]c3c2)cc1. The zero-order valence-corrected chi connectivity index (χ0v) is 21.9. The van der Waals surface area contributed by atoms with Crippen molar-refractivity contribution < 1.29 is 9.53 Å². The number of aromatic amines is 1. The number of rotatable bonds is 7. The number of anilines is 3. The number of carbonyl (C=O) groups is 1. The largest absolute Gasteiger partial charge is 0.381 e. The van der Waals surface area contributed by atoms with Gasteiger partial charge in [-0.3, -0.25) is 9.89 Å². The van der Waals surface area contributed by atoms with Gasteiger partial charge < -0.3 is 20.3 Å². The number of amides is 1. The van der Waals surface area contributed by atoms with Crippen molar-refractivity contribution in [3.8, 4) is 11.1 Å². The topological polar surface area (TPSA) is 82.3 Å². The molecule has 1 saturated heterocycles. The van der Waals surface area contributed by atoms with Gasteiger partial charge in [0.1, 0.15) is 0 Å². The number of hydrogen-bond donors (Lipinski definition) is 3. The molecule has 7 nitrogen and oxygen atoms in total. The maximum absolute atomic E-state index is 13.1. The van der Waals surface area contributed by atoms with E-state index in [0.717, 1.165) is 71.0 Å². The molecule has 0 aliphatic carbocycles. The lowest BCUT2D eigenvalue weighted by Gasteiger charge is -2.28. The Bertz CT molecular complexity index is 1590. The molecule has 5 aromatic rings. The predicted octanol–water partition coefficient (Wildman–Crippen LogP) is 6.24. The van der Waals surface area contributed by atoms with Crippen LogP contribution in [0.5, 0.6) is 0 Å². The highest BCUT2D eigenvalue weighted by Crippen LogP contribution is 2.27. The first-order valence-corrected chi connectivity index (χ1v) is 13.2. The fourth-order valence-electron chi connectivity index (χ4n) is 4.91. The normalized spacial score (nSPS) is 13.4. The molecule has 1 aromatic heterocycles. The number of morpholine rings is 1. The van der Waals surface area contributed by atoms with Gasteiger partial charge in [0.15, 0.2) is 0 Å². The van der Waals surface area contributed by atoms with Crippen LogP contribution in [-0.4, -0.2) is 42.4 Å². The molecule has 3 N–H and O–H groups in total. The Hall–Kier alpha value is -4.62. The molecule has 196 valence electrons. The van der Waals surface area contributed by atoms with Crippen molar-refractivity contribution in [1.82, 2.24) is 10.2 Å². The Kier molecular flexibility index (Phi) is 6.97. The second-order valence-electron chi connectivity index (χ2n) is 9.85. The maximum atomic E-state index is 13.1. The third-order valence-electron chi connectivity index (χ3n) is 7.20. The Balaban J connectivity index is 1.11. The van der Waals surface area contributed by atoms with Crippen LogP contribution in [0.15, 0.2) is 91.1 Å². The van der Waals surface area contributed by atoms with E-state index in [-0.39, 0.29) is 5.91 Å². The summed E-state index contributed by atoms with van der Waals surface area (Å²) in [5.74, 6) is -0.120. The summed E-state index contributed by atoms with van der Waals surface area (Å²) in [4.78, 5) is 15.4. The van der Waals surface area contributed by atoms with E-state index in [2.05, 4.69) is 75.1 Å². The van der Waals surface area contributed by atoms with Crippen molar-refractivity contribution in [3.63, 3.8) is 0 Å². The Morgan fingerprint density at radius 3 is 2.49 bits per heavy atom. The number of hydrogen-bond acceptors (Lipinski definition) is 5. The zero-order valence-electron chi connectivity index (χ0n) is 21.9. The highest BCUT2D eigenvalue weighted by atomic mass is 16.5. The molecular weight excluding hydrogens is 486 g/mol. The van der Waals surface area contributed by atoms with Gasteiger partial charge in [0.2, 0.25) is 0 Å². The van der Waals surface area contributed by atoms with Gasteiger partial charge in [-0.25, -0.2) is 0 Å². The van der Waals surface area contributed by atoms with Gasteiger partial charge in [-0.05, 0) is 83.8 Å². The van der Waals surface area contributed by atoms with E-state index in [0.29, 0.717) is 12.1 Å². The lowest BCUT2D eigenvalue weighted by molar-refractivity contribution is 0.102. The number of ether oxygens (including phenoxy) is 1. The molecule has 39 heavy (non-hydrogen) atoms. The Morgan fingerprint density at radius 2 is 1.69 bits per heavy atom. The average Bonchev–Trinajstić information content (AvgIpc) is 3.46. The van der Waals surface area contributed by atoms with Crippen LogP contribution in [0.25, 0.3) is 22.0 Å². The van der Waals surface area contributed by atoms with Crippen LogP contribution >= 0.6 is 0 Å². The molecule has 1 amide bonds. The smallest absolute Gasteiger partial charge is 0.255 e. The third-order valence-corrected chi connectivity index (χ3v) is 7.20. The van der Waals surface area contributed by atoms with Crippen molar-refractivity contribution in [2.45, 2.75) is 13.5 Å². The molecular formula is C32H31N5O2. The van der Waals surface area contributed by atoms with Crippen molar-refractivity contribution in [1.29, 1.82) is 0 Å². The number of aryl methyl sites for hydroxylation is 1.